The van der Waals surface area contributed by atoms with Crippen LogP contribution in [-0.2, 0) is 11.3 Å². The molecule has 3 heteroatoms. The Morgan fingerprint density at radius 1 is 1.41 bits per heavy atom. The largest absolute Gasteiger partial charge is 0.478 e. The molecule has 0 amide bonds. The Labute approximate surface area is 102 Å². The summed E-state index contributed by atoms with van der Waals surface area (Å²) >= 11 is 0. The first-order chi connectivity index (χ1) is 8.15. The van der Waals surface area contributed by atoms with E-state index >= 15 is 0 Å². The molecule has 1 rings (SSSR count). The average Bonchev–Trinajstić information content (AvgIpc) is 2.31. The Balaban J connectivity index is 2.43. The van der Waals surface area contributed by atoms with Crippen molar-refractivity contribution in [2.45, 2.75) is 26.8 Å². The highest BCUT2D eigenvalue weighted by molar-refractivity contribution is 5.86. The molecule has 0 saturated heterocycles. The molecular weight excluding hydrogens is 214 g/mol. The highest BCUT2D eigenvalue weighted by atomic mass is 16.4. The van der Waals surface area contributed by atoms with E-state index in [-0.39, 0.29) is 0 Å². The number of carboxylic acids is 1. The predicted molar refractivity (Wildman–Crippen MR) is 68.9 cm³/mol. The van der Waals surface area contributed by atoms with Gasteiger partial charge in [-0.3, -0.25) is 0 Å². The average molecular weight is 233 g/mol. The zero-order valence-electron chi connectivity index (χ0n) is 10.4. The summed E-state index contributed by atoms with van der Waals surface area (Å²) in [6, 6.07) is 8.17. The van der Waals surface area contributed by atoms with Gasteiger partial charge in [-0.25, -0.2) is 4.79 Å². The zero-order chi connectivity index (χ0) is 12.7. The van der Waals surface area contributed by atoms with Crippen molar-refractivity contribution in [1.82, 2.24) is 5.32 Å². The maximum absolute atomic E-state index is 10.8. The second-order valence-electron chi connectivity index (χ2n) is 3.95. The molecule has 2 N–H and O–H groups in total. The Hall–Kier alpha value is -1.61. The molecule has 1 aromatic rings. The Morgan fingerprint density at radius 3 is 2.71 bits per heavy atom. The van der Waals surface area contributed by atoms with Gasteiger partial charge in [0, 0.05) is 18.7 Å². The highest BCUT2D eigenvalue weighted by Crippen LogP contribution is 2.06. The Kier molecular flexibility index (Phi) is 5.43. The molecule has 0 heterocycles. The number of aliphatic carboxylic acids is 1. The van der Waals surface area contributed by atoms with Crippen molar-refractivity contribution >= 4 is 5.97 Å². The third-order valence-electron chi connectivity index (χ3n) is 2.73. The lowest BCUT2D eigenvalue weighted by molar-refractivity contribution is -0.132. The van der Waals surface area contributed by atoms with Gasteiger partial charge in [-0.05, 0) is 24.5 Å². The molecule has 17 heavy (non-hydrogen) atoms. The monoisotopic (exact) mass is 233 g/mol. The van der Waals surface area contributed by atoms with E-state index in [0.29, 0.717) is 18.5 Å². The van der Waals surface area contributed by atoms with E-state index in [0.717, 1.165) is 6.54 Å². The van der Waals surface area contributed by atoms with Crippen LogP contribution in [0.25, 0.3) is 0 Å². The predicted octanol–water partition coefficient (Wildman–Crippen LogP) is 2.51. The van der Waals surface area contributed by atoms with Gasteiger partial charge >= 0.3 is 5.97 Å². The summed E-state index contributed by atoms with van der Waals surface area (Å²) in [4.78, 5) is 10.8. The fraction of sp³-hybridized carbons (Fsp3) is 0.357. The molecule has 0 atom stereocenters. The Morgan fingerprint density at radius 2 is 2.12 bits per heavy atom. The van der Waals surface area contributed by atoms with Crippen LogP contribution < -0.4 is 5.32 Å². The maximum Gasteiger partial charge on any atom is 0.331 e. The smallest absolute Gasteiger partial charge is 0.331 e. The summed E-state index contributed by atoms with van der Waals surface area (Å²) < 4.78 is 0. The van der Waals surface area contributed by atoms with Crippen LogP contribution >= 0.6 is 0 Å². The standard InChI is InChI=1S/C14H19NO2/c1-3-12(14(16)17)8-9-15-10-13-7-5-4-6-11(13)2/h4-8,15H,3,9-10H2,1-2H3,(H,16,17)/b12-8-. The van der Waals surface area contributed by atoms with Gasteiger partial charge in [-0.15, -0.1) is 0 Å². The molecule has 0 saturated carbocycles. The van der Waals surface area contributed by atoms with E-state index in [1.165, 1.54) is 11.1 Å². The molecule has 0 spiro atoms. The summed E-state index contributed by atoms with van der Waals surface area (Å²) in [6.45, 7) is 5.27. The van der Waals surface area contributed by atoms with E-state index in [9.17, 15) is 4.79 Å². The summed E-state index contributed by atoms with van der Waals surface area (Å²) in [6.07, 6.45) is 2.29. The van der Waals surface area contributed by atoms with Crippen molar-refractivity contribution in [3.05, 3.63) is 47.0 Å². The summed E-state index contributed by atoms with van der Waals surface area (Å²) in [7, 11) is 0. The Bertz CT molecular complexity index is 410. The molecule has 0 bridgehead atoms. The van der Waals surface area contributed by atoms with Gasteiger partial charge in [0.15, 0.2) is 0 Å². The van der Waals surface area contributed by atoms with Gasteiger partial charge in [-0.2, -0.15) is 0 Å². The quantitative estimate of drug-likeness (QED) is 0.586. The third-order valence-corrected chi connectivity index (χ3v) is 2.73. The van der Waals surface area contributed by atoms with E-state index in [1.54, 1.807) is 6.08 Å². The van der Waals surface area contributed by atoms with Gasteiger partial charge in [0.1, 0.15) is 0 Å². The first-order valence-electron chi connectivity index (χ1n) is 5.82. The molecule has 92 valence electrons. The van der Waals surface area contributed by atoms with Crippen LogP contribution in [0.15, 0.2) is 35.9 Å². The van der Waals surface area contributed by atoms with Crippen molar-refractivity contribution < 1.29 is 9.90 Å². The van der Waals surface area contributed by atoms with Crippen LogP contribution in [0, 0.1) is 6.92 Å². The molecule has 0 aromatic heterocycles. The van der Waals surface area contributed by atoms with Crippen LogP contribution in [0.4, 0.5) is 0 Å². The van der Waals surface area contributed by atoms with Gasteiger partial charge in [0.2, 0.25) is 0 Å². The summed E-state index contributed by atoms with van der Waals surface area (Å²) in [5.74, 6) is -0.829. The number of benzene rings is 1. The second-order valence-corrected chi connectivity index (χ2v) is 3.95. The summed E-state index contributed by atoms with van der Waals surface area (Å²) in [5, 5.41) is 12.1. The highest BCUT2D eigenvalue weighted by Gasteiger charge is 2.02. The van der Waals surface area contributed by atoms with Crippen LogP contribution in [0.5, 0.6) is 0 Å². The molecule has 0 radical (unpaired) electrons. The number of carbonyl (C=O) groups is 1. The van der Waals surface area contributed by atoms with Crippen molar-refractivity contribution in [1.29, 1.82) is 0 Å². The maximum atomic E-state index is 10.8. The SMILES string of the molecule is CC/C(=C/CNCc1ccccc1C)C(=O)O. The molecule has 0 aliphatic heterocycles. The number of nitrogens with one attached hydrogen (secondary N) is 1. The van der Waals surface area contributed by atoms with Gasteiger partial charge in [0.05, 0.1) is 0 Å². The zero-order valence-corrected chi connectivity index (χ0v) is 10.4. The molecule has 0 unspecified atom stereocenters. The van der Waals surface area contributed by atoms with Crippen molar-refractivity contribution in [3.63, 3.8) is 0 Å². The van der Waals surface area contributed by atoms with Crippen LogP contribution in [-0.4, -0.2) is 17.6 Å². The first kappa shape index (κ1) is 13.5. The normalized spacial score (nSPS) is 11.5. The fourth-order valence-corrected chi connectivity index (χ4v) is 1.59. The van der Waals surface area contributed by atoms with Crippen LogP contribution in [0.2, 0.25) is 0 Å². The third kappa shape index (κ3) is 4.41. The minimum Gasteiger partial charge on any atom is -0.478 e. The van der Waals surface area contributed by atoms with E-state index < -0.39 is 5.97 Å². The minimum atomic E-state index is -0.829. The lowest BCUT2D eigenvalue weighted by Crippen LogP contribution is -2.15. The lowest BCUT2D eigenvalue weighted by atomic mass is 10.1. The number of hydrogen-bond acceptors (Lipinski definition) is 2. The number of carboxylic acid groups (broad SMARTS) is 1. The van der Waals surface area contributed by atoms with Crippen molar-refractivity contribution in [2.75, 3.05) is 6.54 Å². The number of aryl methyl sites for hydroxylation is 1. The molecule has 0 fully saturated rings. The molecule has 0 aliphatic rings. The topological polar surface area (TPSA) is 49.3 Å². The van der Waals surface area contributed by atoms with Gasteiger partial charge in [0.25, 0.3) is 0 Å². The summed E-state index contributed by atoms with van der Waals surface area (Å²) in [5.41, 5.74) is 2.95. The fourth-order valence-electron chi connectivity index (χ4n) is 1.59. The van der Waals surface area contributed by atoms with Crippen molar-refractivity contribution in [2.24, 2.45) is 0 Å². The number of hydrogen-bond donors (Lipinski definition) is 2. The van der Waals surface area contributed by atoms with Crippen LogP contribution in [0.1, 0.15) is 24.5 Å². The van der Waals surface area contributed by atoms with Gasteiger partial charge in [-0.1, -0.05) is 37.3 Å². The minimum absolute atomic E-state index is 0.460. The van der Waals surface area contributed by atoms with Gasteiger partial charge < -0.3 is 10.4 Å². The van der Waals surface area contributed by atoms with Crippen LogP contribution in [0.3, 0.4) is 0 Å². The second kappa shape index (κ2) is 6.86. The first-order valence-corrected chi connectivity index (χ1v) is 5.82. The van der Waals surface area contributed by atoms with Crippen molar-refractivity contribution in [3.8, 4) is 0 Å². The molecule has 0 aliphatic carbocycles. The van der Waals surface area contributed by atoms with E-state index in [4.69, 9.17) is 5.11 Å². The molecule has 3 nitrogen and oxygen atoms in total. The van der Waals surface area contributed by atoms with E-state index in [2.05, 4.69) is 24.4 Å². The lowest BCUT2D eigenvalue weighted by Gasteiger charge is -2.06. The molecule has 1 aromatic carbocycles. The number of rotatable bonds is 6. The van der Waals surface area contributed by atoms with E-state index in [1.807, 2.05) is 19.1 Å². The molecular formula is C14H19NO2.